The van der Waals surface area contributed by atoms with Crippen molar-refractivity contribution in [2.45, 2.75) is 25.3 Å². The second-order valence-corrected chi connectivity index (χ2v) is 7.97. The summed E-state index contributed by atoms with van der Waals surface area (Å²) in [5, 5.41) is 6.14. The molecule has 1 fully saturated rings. The Kier molecular flexibility index (Phi) is 6.13. The number of nitrogens with zero attached hydrogens (tertiary/aromatic N) is 3. The Bertz CT molecular complexity index is 1010. The van der Waals surface area contributed by atoms with Gasteiger partial charge in [-0.25, -0.2) is 4.98 Å². The summed E-state index contributed by atoms with van der Waals surface area (Å²) in [6, 6.07) is 17.8. The predicted octanol–water partition coefficient (Wildman–Crippen LogP) is 2.94. The van der Waals surface area contributed by atoms with Gasteiger partial charge in [0, 0.05) is 43.8 Å². The summed E-state index contributed by atoms with van der Waals surface area (Å²) < 4.78 is 1.91. The van der Waals surface area contributed by atoms with Crippen molar-refractivity contribution >= 4 is 17.5 Å². The van der Waals surface area contributed by atoms with Crippen LogP contribution in [0.4, 0.5) is 5.69 Å². The Balaban J connectivity index is 1.33. The Labute approximate surface area is 182 Å². The van der Waals surface area contributed by atoms with E-state index >= 15 is 0 Å². The lowest BCUT2D eigenvalue weighted by Crippen LogP contribution is -2.53. The number of aromatic nitrogens is 2. The Hall–Kier alpha value is -3.45. The highest BCUT2D eigenvalue weighted by atomic mass is 16.2. The predicted molar refractivity (Wildman–Crippen MR) is 120 cm³/mol. The molecule has 1 aliphatic heterocycles. The maximum absolute atomic E-state index is 12.6. The summed E-state index contributed by atoms with van der Waals surface area (Å²) in [5.41, 5.74) is 2.50. The number of likely N-dealkylation sites (tertiary alicyclic amines) is 1. The summed E-state index contributed by atoms with van der Waals surface area (Å²) >= 11 is 0. The summed E-state index contributed by atoms with van der Waals surface area (Å²) in [4.78, 5) is 30.6. The van der Waals surface area contributed by atoms with Crippen LogP contribution in [0.15, 0.2) is 73.3 Å². The molecule has 0 atom stereocenters. The van der Waals surface area contributed by atoms with E-state index in [1.165, 1.54) is 0 Å². The van der Waals surface area contributed by atoms with Gasteiger partial charge in [-0.15, -0.1) is 0 Å². The number of carbonyl (C=O) groups excluding carboxylic acids is 2. The molecule has 7 heteroatoms. The second kappa shape index (κ2) is 9.14. The summed E-state index contributed by atoms with van der Waals surface area (Å²) in [6.45, 7) is 3.36. The highest BCUT2D eigenvalue weighted by Crippen LogP contribution is 2.33. The average molecular weight is 418 g/mol. The molecule has 31 heavy (non-hydrogen) atoms. The largest absolute Gasteiger partial charge is 0.347 e. The fraction of sp³-hybridized carbons (Fsp3) is 0.292. The number of imidazole rings is 1. The maximum atomic E-state index is 12.6. The van der Waals surface area contributed by atoms with Crippen molar-refractivity contribution in [3.05, 3.63) is 78.9 Å². The third-order valence-electron chi connectivity index (χ3n) is 5.77. The van der Waals surface area contributed by atoms with E-state index in [2.05, 4.69) is 32.7 Å². The van der Waals surface area contributed by atoms with Crippen LogP contribution in [0, 0.1) is 0 Å². The standard InChI is InChI=1S/C24H27N5O2/c1-19(30)27-24(20-5-3-2-4-6-20)11-14-28(15-12-24)17-23(31)26-21-7-9-22(10-8-21)29-16-13-25-18-29/h2-10,13,16,18H,11-12,14-15,17H2,1H3,(H,26,31)(H,27,30). The first kappa shape index (κ1) is 20.8. The molecule has 0 unspecified atom stereocenters. The van der Waals surface area contributed by atoms with Gasteiger partial charge in [0.1, 0.15) is 0 Å². The highest BCUT2D eigenvalue weighted by Gasteiger charge is 2.37. The molecule has 2 amide bonds. The number of carbonyl (C=O) groups is 2. The van der Waals surface area contributed by atoms with Gasteiger partial charge in [0.2, 0.25) is 11.8 Å². The van der Waals surface area contributed by atoms with Crippen molar-refractivity contribution in [2.75, 3.05) is 25.0 Å². The topological polar surface area (TPSA) is 79.3 Å². The molecule has 7 nitrogen and oxygen atoms in total. The molecule has 2 heterocycles. The van der Waals surface area contributed by atoms with Crippen LogP contribution >= 0.6 is 0 Å². The molecule has 0 spiro atoms. The molecule has 2 N–H and O–H groups in total. The molecule has 1 aliphatic rings. The zero-order valence-corrected chi connectivity index (χ0v) is 17.6. The van der Waals surface area contributed by atoms with Crippen LogP contribution in [0.2, 0.25) is 0 Å². The third-order valence-corrected chi connectivity index (χ3v) is 5.77. The average Bonchev–Trinajstić information content (AvgIpc) is 3.31. The Morgan fingerprint density at radius 3 is 2.35 bits per heavy atom. The van der Waals surface area contributed by atoms with Gasteiger partial charge >= 0.3 is 0 Å². The monoisotopic (exact) mass is 417 g/mol. The van der Waals surface area contributed by atoms with Crippen LogP contribution in [0.1, 0.15) is 25.3 Å². The van der Waals surface area contributed by atoms with Crippen molar-refractivity contribution in [3.63, 3.8) is 0 Å². The molecular formula is C24H27N5O2. The molecule has 0 radical (unpaired) electrons. The van der Waals surface area contributed by atoms with Crippen LogP contribution in [0.5, 0.6) is 0 Å². The fourth-order valence-corrected chi connectivity index (χ4v) is 4.21. The van der Waals surface area contributed by atoms with Crippen molar-refractivity contribution in [3.8, 4) is 5.69 Å². The molecular weight excluding hydrogens is 390 g/mol. The van der Waals surface area contributed by atoms with Crippen molar-refractivity contribution in [1.82, 2.24) is 19.8 Å². The van der Waals surface area contributed by atoms with Gasteiger partial charge in [-0.1, -0.05) is 30.3 Å². The molecule has 1 saturated heterocycles. The Morgan fingerprint density at radius 2 is 1.74 bits per heavy atom. The number of rotatable bonds is 6. The SMILES string of the molecule is CC(=O)NC1(c2ccccc2)CCN(CC(=O)Nc2ccc(-n3ccnc3)cc2)CC1. The minimum Gasteiger partial charge on any atom is -0.347 e. The lowest BCUT2D eigenvalue weighted by molar-refractivity contribution is -0.122. The first-order chi connectivity index (χ1) is 15.0. The van der Waals surface area contributed by atoms with Gasteiger partial charge in [-0.2, -0.15) is 0 Å². The zero-order chi connectivity index (χ0) is 21.7. The van der Waals surface area contributed by atoms with Gasteiger partial charge < -0.3 is 15.2 Å². The minimum atomic E-state index is -0.372. The smallest absolute Gasteiger partial charge is 0.238 e. The maximum Gasteiger partial charge on any atom is 0.238 e. The molecule has 0 aliphatic carbocycles. The summed E-state index contributed by atoms with van der Waals surface area (Å²) in [5.74, 6) is -0.0729. The minimum absolute atomic E-state index is 0.0332. The van der Waals surface area contributed by atoms with Gasteiger partial charge in [-0.3, -0.25) is 14.5 Å². The zero-order valence-electron chi connectivity index (χ0n) is 17.6. The molecule has 4 rings (SSSR count). The van der Waals surface area contributed by atoms with Gasteiger partial charge in [-0.05, 0) is 42.7 Å². The van der Waals surface area contributed by atoms with Gasteiger partial charge in [0.15, 0.2) is 0 Å². The fourth-order valence-electron chi connectivity index (χ4n) is 4.21. The van der Waals surface area contributed by atoms with Crippen molar-refractivity contribution < 1.29 is 9.59 Å². The van der Waals surface area contributed by atoms with E-state index in [9.17, 15) is 9.59 Å². The van der Waals surface area contributed by atoms with Crippen molar-refractivity contribution in [1.29, 1.82) is 0 Å². The molecule has 160 valence electrons. The molecule has 2 aromatic carbocycles. The second-order valence-electron chi connectivity index (χ2n) is 7.97. The number of piperidine rings is 1. The third kappa shape index (κ3) is 5.00. The Morgan fingerprint density at radius 1 is 1.03 bits per heavy atom. The number of benzene rings is 2. The normalized spacial score (nSPS) is 15.9. The van der Waals surface area contributed by atoms with E-state index in [0.29, 0.717) is 6.54 Å². The molecule has 1 aromatic heterocycles. The van der Waals surface area contributed by atoms with Crippen molar-refractivity contribution in [2.24, 2.45) is 0 Å². The quantitative estimate of drug-likeness (QED) is 0.646. The van der Waals surface area contributed by atoms with Crippen LogP contribution in [-0.4, -0.2) is 45.9 Å². The van der Waals surface area contributed by atoms with Crippen LogP contribution < -0.4 is 10.6 Å². The van der Waals surface area contributed by atoms with E-state index in [0.717, 1.165) is 42.9 Å². The lowest BCUT2D eigenvalue weighted by Gasteiger charge is -2.42. The number of hydrogen-bond donors (Lipinski definition) is 2. The molecule has 0 bridgehead atoms. The first-order valence-electron chi connectivity index (χ1n) is 10.5. The number of nitrogens with one attached hydrogen (secondary N) is 2. The van der Waals surface area contributed by atoms with E-state index in [1.54, 1.807) is 19.4 Å². The number of amides is 2. The summed E-state index contributed by atoms with van der Waals surface area (Å²) in [7, 11) is 0. The number of hydrogen-bond acceptors (Lipinski definition) is 4. The van der Waals surface area contributed by atoms with E-state index < -0.39 is 0 Å². The van der Waals surface area contributed by atoms with Gasteiger partial charge in [0.05, 0.1) is 18.4 Å². The lowest BCUT2D eigenvalue weighted by atomic mass is 9.80. The summed E-state index contributed by atoms with van der Waals surface area (Å²) in [6.07, 6.45) is 6.88. The molecule has 3 aromatic rings. The van der Waals surface area contributed by atoms with E-state index in [4.69, 9.17) is 0 Å². The van der Waals surface area contributed by atoms with E-state index in [-0.39, 0.29) is 17.4 Å². The van der Waals surface area contributed by atoms with Crippen LogP contribution in [-0.2, 0) is 15.1 Å². The van der Waals surface area contributed by atoms with E-state index in [1.807, 2.05) is 53.2 Å². The first-order valence-corrected chi connectivity index (χ1v) is 10.5. The van der Waals surface area contributed by atoms with Crippen LogP contribution in [0.25, 0.3) is 5.69 Å². The van der Waals surface area contributed by atoms with Crippen LogP contribution in [0.3, 0.4) is 0 Å². The molecule has 0 saturated carbocycles. The number of anilines is 1. The highest BCUT2D eigenvalue weighted by molar-refractivity contribution is 5.92. The van der Waals surface area contributed by atoms with Gasteiger partial charge in [0.25, 0.3) is 0 Å².